The second-order valence-electron chi connectivity index (χ2n) is 12.2. The molecule has 0 saturated carbocycles. The summed E-state index contributed by atoms with van der Waals surface area (Å²) in [6, 6.07) is 46.9. The Bertz CT molecular complexity index is 2330. The lowest BCUT2D eigenvalue weighted by atomic mass is 9.77. The van der Waals surface area contributed by atoms with Crippen molar-refractivity contribution in [2.24, 2.45) is 0 Å². The molecule has 0 spiro atoms. The summed E-state index contributed by atoms with van der Waals surface area (Å²) >= 11 is 0. The van der Waals surface area contributed by atoms with Crippen LogP contribution in [0.3, 0.4) is 0 Å². The van der Waals surface area contributed by atoms with Gasteiger partial charge < -0.3 is 10.1 Å². The first kappa shape index (κ1) is 30.8. The van der Waals surface area contributed by atoms with Crippen molar-refractivity contribution in [1.29, 1.82) is 0 Å². The molecule has 8 nitrogen and oxygen atoms in total. The summed E-state index contributed by atoms with van der Waals surface area (Å²) in [5, 5.41) is 7.84. The number of aromatic amines is 1. The number of pyridine rings is 1. The fourth-order valence-corrected chi connectivity index (χ4v) is 6.90. The van der Waals surface area contributed by atoms with Crippen molar-refractivity contribution >= 4 is 27.8 Å². The molecule has 1 atom stereocenters. The fourth-order valence-electron chi connectivity index (χ4n) is 6.90. The topological polar surface area (TPSA) is 97.7 Å². The Kier molecular flexibility index (Phi) is 7.89. The number of methoxy groups -OCH3 is 1. The largest absolute Gasteiger partial charge is 0.497 e. The van der Waals surface area contributed by atoms with Crippen LogP contribution in [0.15, 0.2) is 152 Å². The first-order chi connectivity index (χ1) is 24.6. The molecule has 2 N–H and O–H groups in total. The summed E-state index contributed by atoms with van der Waals surface area (Å²) in [7, 11) is 1.63. The number of nitrogens with zero attached hydrogens (tertiary/aromatic N) is 4. The average Bonchev–Trinajstić information content (AvgIpc) is 3.77. The molecule has 1 unspecified atom stereocenters. The maximum absolute atomic E-state index is 13.6. The van der Waals surface area contributed by atoms with E-state index in [0.717, 1.165) is 50.2 Å². The van der Waals surface area contributed by atoms with Crippen LogP contribution < -0.4 is 10.1 Å². The Labute approximate surface area is 289 Å². The van der Waals surface area contributed by atoms with E-state index in [1.54, 1.807) is 19.5 Å². The van der Waals surface area contributed by atoms with Gasteiger partial charge in [0.1, 0.15) is 11.3 Å². The average molecular weight is 655 g/mol. The first-order valence-electron chi connectivity index (χ1n) is 16.5. The summed E-state index contributed by atoms with van der Waals surface area (Å²) in [4.78, 5) is 27.4. The van der Waals surface area contributed by atoms with Crippen molar-refractivity contribution in [3.8, 4) is 17.0 Å². The second kappa shape index (κ2) is 12.8. The minimum absolute atomic E-state index is 0.115. The minimum atomic E-state index is -0.812. The van der Waals surface area contributed by atoms with Gasteiger partial charge in [-0.05, 0) is 65.6 Å². The zero-order valence-electron chi connectivity index (χ0n) is 27.6. The number of imidazole rings is 1. The number of fused-ring (bicyclic) bond motifs is 2. The Morgan fingerprint density at radius 3 is 1.90 bits per heavy atom. The Balaban J connectivity index is 1.35. The number of carbonyl (C=O) groups excluding carboxylic acids is 1. The van der Waals surface area contributed by atoms with Crippen LogP contribution in [0.5, 0.6) is 5.75 Å². The van der Waals surface area contributed by atoms with Crippen LogP contribution in [-0.4, -0.2) is 37.7 Å². The van der Waals surface area contributed by atoms with Gasteiger partial charge in [0.05, 0.1) is 35.4 Å². The highest BCUT2D eigenvalue weighted by Crippen LogP contribution is 2.44. The molecule has 244 valence electrons. The van der Waals surface area contributed by atoms with E-state index in [-0.39, 0.29) is 17.8 Å². The lowest BCUT2D eigenvalue weighted by Gasteiger charge is -2.37. The van der Waals surface area contributed by atoms with Crippen LogP contribution in [-0.2, 0) is 5.54 Å². The molecule has 1 amide bonds. The van der Waals surface area contributed by atoms with Crippen molar-refractivity contribution in [3.05, 3.63) is 180 Å². The standard InChI is InChI=1S/C42H34N6O2/c1-28(30-13-12-20-34(25-30)50-2)44-41(49)40-45-36-26-35-38(27-37(36)46-40)48(47-39(35)29-21-23-43-24-22-29)42(31-14-6-3-7-15-31,32-16-8-4-9-17-32)33-18-10-5-11-19-33/h3-28,47H,1-2H3,(H,44,49). The molecule has 5 aromatic carbocycles. The lowest BCUT2D eigenvalue weighted by Crippen LogP contribution is -2.38. The van der Waals surface area contributed by atoms with Crippen molar-refractivity contribution in [3.63, 3.8) is 0 Å². The number of benzene rings is 5. The van der Waals surface area contributed by atoms with E-state index in [2.05, 4.69) is 92.9 Å². The highest BCUT2D eigenvalue weighted by molar-refractivity contribution is 6.03. The van der Waals surface area contributed by atoms with Crippen LogP contribution in [0.2, 0.25) is 0 Å². The number of carbonyl (C=O) groups is 1. The predicted octanol–water partition coefficient (Wildman–Crippen LogP) is 8.31. The van der Waals surface area contributed by atoms with E-state index in [4.69, 9.17) is 14.7 Å². The maximum Gasteiger partial charge on any atom is 0.289 e. The number of aromatic nitrogens is 5. The molecule has 0 bridgehead atoms. The molecule has 8 heteroatoms. The fraction of sp³-hybridized carbons (Fsp3) is 0.0952. The van der Waals surface area contributed by atoms with Gasteiger partial charge in [0.15, 0.2) is 0 Å². The van der Waals surface area contributed by atoms with Crippen LogP contribution in [0.4, 0.5) is 0 Å². The third-order valence-electron chi connectivity index (χ3n) is 9.30. The van der Waals surface area contributed by atoms with E-state index in [9.17, 15) is 4.79 Å². The van der Waals surface area contributed by atoms with Crippen LogP contribution in [0, 0.1) is 0 Å². The number of ether oxygens (including phenoxy) is 1. The molecule has 0 aliphatic heterocycles. The summed E-state index contributed by atoms with van der Waals surface area (Å²) in [5.74, 6) is 0.492. The molecule has 0 fully saturated rings. The molecular formula is C42H34N6O2. The summed E-state index contributed by atoms with van der Waals surface area (Å²) in [5.41, 5.74) is 7.35. The molecule has 50 heavy (non-hydrogen) atoms. The van der Waals surface area contributed by atoms with Gasteiger partial charge in [0, 0.05) is 23.3 Å². The van der Waals surface area contributed by atoms with Crippen molar-refractivity contribution in [2.45, 2.75) is 18.5 Å². The van der Waals surface area contributed by atoms with Crippen LogP contribution in [0.25, 0.3) is 33.2 Å². The molecule has 3 aromatic heterocycles. The lowest BCUT2D eigenvalue weighted by molar-refractivity contribution is 0.0930. The predicted molar refractivity (Wildman–Crippen MR) is 196 cm³/mol. The number of rotatable bonds is 9. The summed E-state index contributed by atoms with van der Waals surface area (Å²) in [6.07, 6.45) is 3.58. The SMILES string of the molecule is COc1cccc(C(C)NC(=O)c2nc3cc4c(-c5ccncc5)[nH]n(C(c5ccccc5)(c5ccccc5)c5ccccc5)c4cc3n2)c1. The van der Waals surface area contributed by atoms with Gasteiger partial charge in [0.2, 0.25) is 5.82 Å². The molecule has 0 aliphatic rings. The molecule has 0 saturated heterocycles. The quantitative estimate of drug-likeness (QED) is 0.153. The van der Waals surface area contributed by atoms with Gasteiger partial charge in [-0.25, -0.2) is 9.97 Å². The van der Waals surface area contributed by atoms with Gasteiger partial charge in [-0.2, -0.15) is 0 Å². The zero-order valence-corrected chi connectivity index (χ0v) is 27.6. The van der Waals surface area contributed by atoms with Gasteiger partial charge in [-0.3, -0.25) is 19.6 Å². The minimum Gasteiger partial charge on any atom is -0.497 e. The first-order valence-corrected chi connectivity index (χ1v) is 16.5. The van der Waals surface area contributed by atoms with E-state index in [1.807, 2.05) is 73.7 Å². The zero-order chi connectivity index (χ0) is 34.1. The highest BCUT2D eigenvalue weighted by atomic mass is 16.5. The Hall–Kier alpha value is -6.54. The van der Waals surface area contributed by atoms with Gasteiger partial charge in [0.25, 0.3) is 5.91 Å². The van der Waals surface area contributed by atoms with E-state index >= 15 is 0 Å². The van der Waals surface area contributed by atoms with Crippen LogP contribution >= 0.6 is 0 Å². The molecule has 8 aromatic rings. The number of amides is 1. The van der Waals surface area contributed by atoms with Crippen molar-refractivity contribution in [1.82, 2.24) is 30.0 Å². The van der Waals surface area contributed by atoms with Gasteiger partial charge in [-0.15, -0.1) is 0 Å². The molecule has 0 radical (unpaired) electrons. The number of hydrogen-bond donors (Lipinski definition) is 2. The normalized spacial score (nSPS) is 12.2. The van der Waals surface area contributed by atoms with E-state index in [0.29, 0.717) is 11.0 Å². The van der Waals surface area contributed by atoms with Gasteiger partial charge in [-0.1, -0.05) is 103 Å². The van der Waals surface area contributed by atoms with E-state index < -0.39 is 5.54 Å². The number of H-pyrrole nitrogens is 1. The highest BCUT2D eigenvalue weighted by Gasteiger charge is 2.40. The summed E-state index contributed by atoms with van der Waals surface area (Å²) < 4.78 is 7.61. The Morgan fingerprint density at radius 2 is 1.32 bits per heavy atom. The third-order valence-corrected chi connectivity index (χ3v) is 9.30. The number of nitrogens with one attached hydrogen (secondary N) is 2. The number of hydrogen-bond acceptors (Lipinski definition) is 5. The third kappa shape index (κ3) is 5.27. The van der Waals surface area contributed by atoms with Crippen molar-refractivity contribution < 1.29 is 9.53 Å². The van der Waals surface area contributed by atoms with Crippen LogP contribution in [0.1, 0.15) is 45.8 Å². The summed E-state index contributed by atoms with van der Waals surface area (Å²) in [6.45, 7) is 1.93. The second-order valence-corrected chi connectivity index (χ2v) is 12.2. The van der Waals surface area contributed by atoms with Gasteiger partial charge >= 0.3 is 0 Å². The molecule has 8 rings (SSSR count). The molecule has 3 heterocycles. The monoisotopic (exact) mass is 654 g/mol. The molecular weight excluding hydrogens is 621 g/mol. The maximum atomic E-state index is 13.6. The Morgan fingerprint density at radius 1 is 0.740 bits per heavy atom. The van der Waals surface area contributed by atoms with Crippen molar-refractivity contribution in [2.75, 3.05) is 7.11 Å². The molecule has 0 aliphatic carbocycles. The smallest absolute Gasteiger partial charge is 0.289 e. The van der Waals surface area contributed by atoms with E-state index in [1.165, 1.54) is 0 Å².